The average molecular weight is 233 g/mol. The third-order valence-corrected chi connectivity index (χ3v) is 3.32. The van der Waals surface area contributed by atoms with Crippen LogP contribution in [0.15, 0.2) is 24.3 Å². The van der Waals surface area contributed by atoms with E-state index >= 15 is 0 Å². The van der Waals surface area contributed by atoms with Crippen LogP contribution in [-0.4, -0.2) is 13.0 Å². The van der Waals surface area contributed by atoms with Gasteiger partial charge in [0.1, 0.15) is 5.75 Å². The van der Waals surface area contributed by atoms with Crippen molar-refractivity contribution in [1.82, 2.24) is 0 Å². The van der Waals surface area contributed by atoms with Crippen LogP contribution < -0.4 is 10.1 Å². The van der Waals surface area contributed by atoms with E-state index in [1.807, 2.05) is 24.3 Å². The Morgan fingerprint density at radius 2 is 1.94 bits per heavy atom. The zero-order chi connectivity index (χ0) is 12.1. The van der Waals surface area contributed by atoms with Crippen LogP contribution in [0.4, 0.5) is 5.69 Å². The summed E-state index contributed by atoms with van der Waals surface area (Å²) in [7, 11) is 1.63. The minimum absolute atomic E-state index is 0.127. The molecule has 0 aromatic heterocycles. The topological polar surface area (TPSA) is 38.3 Å². The van der Waals surface area contributed by atoms with E-state index < -0.39 is 0 Å². The first-order valence-corrected chi connectivity index (χ1v) is 6.22. The Balaban J connectivity index is 1.84. The number of rotatable bonds is 4. The van der Waals surface area contributed by atoms with Gasteiger partial charge < -0.3 is 10.1 Å². The van der Waals surface area contributed by atoms with Gasteiger partial charge in [-0.3, -0.25) is 4.79 Å². The lowest BCUT2D eigenvalue weighted by Gasteiger charge is -2.09. The maximum atomic E-state index is 11.8. The van der Waals surface area contributed by atoms with Crippen LogP contribution in [0.2, 0.25) is 0 Å². The summed E-state index contributed by atoms with van der Waals surface area (Å²) in [5, 5.41) is 2.93. The summed E-state index contributed by atoms with van der Waals surface area (Å²) < 4.78 is 5.07. The number of amides is 1. The van der Waals surface area contributed by atoms with Crippen molar-refractivity contribution in [2.45, 2.75) is 32.1 Å². The molecule has 1 fully saturated rings. The quantitative estimate of drug-likeness (QED) is 0.867. The highest BCUT2D eigenvalue weighted by molar-refractivity contribution is 5.90. The molecule has 0 spiro atoms. The third-order valence-electron chi connectivity index (χ3n) is 3.32. The maximum Gasteiger partial charge on any atom is 0.224 e. The Bertz CT molecular complexity index is 366. The number of carbonyl (C=O) groups is 1. The fourth-order valence-electron chi connectivity index (χ4n) is 2.36. The number of hydrogen-bond donors (Lipinski definition) is 1. The number of nitrogens with one attached hydrogen (secondary N) is 1. The Labute approximate surface area is 102 Å². The van der Waals surface area contributed by atoms with Gasteiger partial charge in [-0.05, 0) is 43.0 Å². The summed E-state index contributed by atoms with van der Waals surface area (Å²) in [5.41, 5.74) is 0.841. The number of hydrogen-bond acceptors (Lipinski definition) is 2. The second-order valence-corrected chi connectivity index (χ2v) is 4.63. The number of benzene rings is 1. The highest BCUT2D eigenvalue weighted by Crippen LogP contribution is 2.27. The molecule has 1 aliphatic rings. The summed E-state index contributed by atoms with van der Waals surface area (Å²) in [5.74, 6) is 1.52. The van der Waals surface area contributed by atoms with E-state index in [2.05, 4.69) is 5.32 Å². The molecule has 0 radical (unpaired) electrons. The van der Waals surface area contributed by atoms with Crippen molar-refractivity contribution in [3.63, 3.8) is 0 Å². The first-order valence-electron chi connectivity index (χ1n) is 6.22. The van der Waals surface area contributed by atoms with E-state index in [1.165, 1.54) is 25.7 Å². The molecule has 92 valence electrons. The summed E-state index contributed by atoms with van der Waals surface area (Å²) in [4.78, 5) is 11.8. The van der Waals surface area contributed by atoms with Gasteiger partial charge in [0.15, 0.2) is 0 Å². The molecule has 1 saturated carbocycles. The molecule has 1 amide bonds. The first-order chi connectivity index (χ1) is 8.28. The van der Waals surface area contributed by atoms with Gasteiger partial charge in [0.05, 0.1) is 7.11 Å². The lowest BCUT2D eigenvalue weighted by Crippen LogP contribution is -2.14. The number of methoxy groups -OCH3 is 1. The maximum absolute atomic E-state index is 11.8. The summed E-state index contributed by atoms with van der Waals surface area (Å²) in [6.07, 6.45) is 5.62. The zero-order valence-electron chi connectivity index (χ0n) is 10.2. The Morgan fingerprint density at radius 3 is 2.53 bits per heavy atom. The number of carbonyl (C=O) groups excluding carboxylic acids is 1. The first kappa shape index (κ1) is 12.0. The molecule has 1 aromatic rings. The van der Waals surface area contributed by atoms with Crippen LogP contribution in [-0.2, 0) is 4.79 Å². The minimum Gasteiger partial charge on any atom is -0.497 e. The van der Waals surface area contributed by atoms with E-state index in [0.717, 1.165) is 11.4 Å². The predicted octanol–water partition coefficient (Wildman–Crippen LogP) is 3.21. The van der Waals surface area contributed by atoms with Crippen molar-refractivity contribution in [1.29, 1.82) is 0 Å². The highest BCUT2D eigenvalue weighted by atomic mass is 16.5. The van der Waals surface area contributed by atoms with Gasteiger partial charge in [-0.25, -0.2) is 0 Å². The molecular weight excluding hydrogens is 214 g/mol. The predicted molar refractivity (Wildman–Crippen MR) is 68.2 cm³/mol. The van der Waals surface area contributed by atoms with Crippen molar-refractivity contribution in [2.24, 2.45) is 5.92 Å². The summed E-state index contributed by atoms with van der Waals surface area (Å²) in [6, 6.07) is 7.44. The van der Waals surface area contributed by atoms with Crippen molar-refractivity contribution in [2.75, 3.05) is 12.4 Å². The van der Waals surface area contributed by atoms with Crippen LogP contribution in [0, 0.1) is 5.92 Å². The van der Waals surface area contributed by atoms with E-state index in [9.17, 15) is 4.79 Å². The molecule has 3 nitrogen and oxygen atoms in total. The molecule has 17 heavy (non-hydrogen) atoms. The van der Waals surface area contributed by atoms with Gasteiger partial charge in [-0.2, -0.15) is 0 Å². The molecule has 0 heterocycles. The van der Waals surface area contributed by atoms with Crippen LogP contribution in [0.5, 0.6) is 5.75 Å². The monoisotopic (exact) mass is 233 g/mol. The Hall–Kier alpha value is -1.51. The number of ether oxygens (including phenoxy) is 1. The van der Waals surface area contributed by atoms with Crippen molar-refractivity contribution in [3.8, 4) is 5.75 Å². The normalized spacial score (nSPS) is 15.8. The van der Waals surface area contributed by atoms with Gasteiger partial charge in [-0.15, -0.1) is 0 Å². The summed E-state index contributed by atoms with van der Waals surface area (Å²) in [6.45, 7) is 0. The van der Waals surface area contributed by atoms with Crippen LogP contribution in [0.1, 0.15) is 32.1 Å². The third kappa shape index (κ3) is 3.48. The van der Waals surface area contributed by atoms with Gasteiger partial charge >= 0.3 is 0 Å². The Kier molecular flexibility index (Phi) is 4.02. The molecule has 1 aromatic carbocycles. The molecule has 3 heteroatoms. The second kappa shape index (κ2) is 5.71. The smallest absolute Gasteiger partial charge is 0.224 e. The SMILES string of the molecule is COc1ccc(NC(=O)CC2CCCC2)cc1. The average Bonchev–Trinajstić information content (AvgIpc) is 2.82. The molecule has 0 saturated heterocycles. The fraction of sp³-hybridized carbons (Fsp3) is 0.500. The van der Waals surface area contributed by atoms with E-state index in [1.54, 1.807) is 7.11 Å². The highest BCUT2D eigenvalue weighted by Gasteiger charge is 2.18. The molecule has 0 aliphatic heterocycles. The molecule has 0 unspecified atom stereocenters. The van der Waals surface area contributed by atoms with Crippen molar-refractivity contribution in [3.05, 3.63) is 24.3 Å². The molecule has 2 rings (SSSR count). The van der Waals surface area contributed by atoms with E-state index in [4.69, 9.17) is 4.74 Å². The molecule has 0 atom stereocenters. The van der Waals surface area contributed by atoms with Gasteiger partial charge in [-0.1, -0.05) is 12.8 Å². The van der Waals surface area contributed by atoms with E-state index in [0.29, 0.717) is 12.3 Å². The van der Waals surface area contributed by atoms with E-state index in [-0.39, 0.29) is 5.91 Å². The van der Waals surface area contributed by atoms with Gasteiger partial charge in [0, 0.05) is 12.1 Å². The van der Waals surface area contributed by atoms with Crippen molar-refractivity contribution < 1.29 is 9.53 Å². The van der Waals surface area contributed by atoms with Crippen LogP contribution in [0.3, 0.4) is 0 Å². The summed E-state index contributed by atoms with van der Waals surface area (Å²) >= 11 is 0. The van der Waals surface area contributed by atoms with Crippen LogP contribution >= 0.6 is 0 Å². The largest absolute Gasteiger partial charge is 0.497 e. The molecular formula is C14H19NO2. The minimum atomic E-state index is 0.127. The van der Waals surface area contributed by atoms with Gasteiger partial charge in [0.2, 0.25) is 5.91 Å². The van der Waals surface area contributed by atoms with Gasteiger partial charge in [0.25, 0.3) is 0 Å². The lowest BCUT2D eigenvalue weighted by molar-refractivity contribution is -0.117. The Morgan fingerprint density at radius 1 is 1.29 bits per heavy atom. The second-order valence-electron chi connectivity index (χ2n) is 4.63. The molecule has 0 bridgehead atoms. The lowest BCUT2D eigenvalue weighted by atomic mass is 10.0. The standard InChI is InChI=1S/C14H19NO2/c1-17-13-8-6-12(7-9-13)15-14(16)10-11-4-2-3-5-11/h6-9,11H,2-5,10H2,1H3,(H,15,16). The molecule has 1 aliphatic carbocycles. The number of anilines is 1. The fourth-order valence-corrected chi connectivity index (χ4v) is 2.36. The van der Waals surface area contributed by atoms with Crippen LogP contribution in [0.25, 0.3) is 0 Å². The zero-order valence-corrected chi connectivity index (χ0v) is 10.2. The van der Waals surface area contributed by atoms with Crippen molar-refractivity contribution >= 4 is 11.6 Å². The molecule has 1 N–H and O–H groups in total.